The van der Waals surface area contributed by atoms with Crippen LogP contribution in [-0.2, 0) is 67.2 Å². The maximum Gasteiger partial charge on any atom is 0.245 e. The molecule has 472 valence electrons. The normalized spacial score (nSPS) is 17.2. The number of aliphatic hydroxyl groups is 1. The summed E-state index contributed by atoms with van der Waals surface area (Å²) in [7, 11) is 0. The zero-order chi connectivity index (χ0) is 63.3. The number of aromatic hydroxyl groups is 1. The molecule has 2 aliphatic rings. The molecule has 2 aromatic heterocycles. The minimum absolute atomic E-state index is 0.0381. The minimum atomic E-state index is -1.76. The van der Waals surface area contributed by atoms with E-state index < -0.39 is 108 Å². The molecule has 4 heterocycles. The van der Waals surface area contributed by atoms with Crippen LogP contribution in [0.4, 0.5) is 0 Å². The summed E-state index contributed by atoms with van der Waals surface area (Å²) >= 11 is 0. The Kier molecular flexibility index (Phi) is 25.1. The number of nitrogens with one attached hydrogen (secondary N) is 11. The predicted molar refractivity (Wildman–Crippen MR) is 320 cm³/mol. The van der Waals surface area contributed by atoms with Crippen LogP contribution in [0, 0.1) is 11.8 Å². The number of amides is 9. The number of phenols is 1. The Hall–Kier alpha value is -8.92. The third-order valence-corrected chi connectivity index (χ3v) is 14.9. The van der Waals surface area contributed by atoms with E-state index in [0.29, 0.717) is 47.1 Å². The number of phenolic OH excluding ortho intramolecular Hbond substituents is 1. The molecular formula is C59H84N16O12. The summed E-state index contributed by atoms with van der Waals surface area (Å²) in [6.45, 7) is 9.08. The number of imidazole rings is 1. The Morgan fingerprint density at radius 1 is 0.713 bits per heavy atom. The van der Waals surface area contributed by atoms with E-state index in [0.717, 1.165) is 0 Å². The number of hydrogen-bond acceptors (Lipinski definition) is 15. The molecule has 87 heavy (non-hydrogen) atoms. The van der Waals surface area contributed by atoms with Gasteiger partial charge < -0.3 is 79.1 Å². The fourth-order valence-electron chi connectivity index (χ4n) is 10.5. The highest BCUT2D eigenvalue weighted by Gasteiger charge is 2.40. The number of carbonyl (C=O) groups is 10. The fraction of sp³-hybridized carbons (Fsp3) is 0.525. The third-order valence-electron chi connectivity index (χ3n) is 14.9. The highest BCUT2D eigenvalue weighted by atomic mass is 16.3. The van der Waals surface area contributed by atoms with Crippen LogP contribution in [0.5, 0.6) is 5.75 Å². The molecule has 2 saturated heterocycles. The van der Waals surface area contributed by atoms with Gasteiger partial charge in [0.15, 0.2) is 11.7 Å². The fourth-order valence-corrected chi connectivity index (χ4v) is 10.5. The molecule has 0 saturated carbocycles. The summed E-state index contributed by atoms with van der Waals surface area (Å²) in [5.41, 5.74) is 13.3. The van der Waals surface area contributed by atoms with Gasteiger partial charge in [0.05, 0.1) is 12.9 Å². The maximum atomic E-state index is 14.7. The summed E-state index contributed by atoms with van der Waals surface area (Å²) in [5.74, 6) is -7.77. The Balaban J connectivity index is 1.22. The maximum absolute atomic E-state index is 14.7. The summed E-state index contributed by atoms with van der Waals surface area (Å²) in [4.78, 5) is 156. The van der Waals surface area contributed by atoms with Crippen molar-refractivity contribution in [2.45, 2.75) is 153 Å². The van der Waals surface area contributed by atoms with Gasteiger partial charge >= 0.3 is 0 Å². The molecule has 2 aliphatic heterocycles. The van der Waals surface area contributed by atoms with Crippen molar-refractivity contribution in [2.24, 2.45) is 28.3 Å². The minimum Gasteiger partial charge on any atom is -0.508 e. The zero-order valence-electron chi connectivity index (χ0n) is 49.8. The van der Waals surface area contributed by atoms with Crippen molar-refractivity contribution in [3.8, 4) is 5.75 Å². The van der Waals surface area contributed by atoms with Gasteiger partial charge in [0.1, 0.15) is 60.1 Å². The Labute approximate surface area is 504 Å². The highest BCUT2D eigenvalue weighted by Crippen LogP contribution is 2.22. The first-order valence-electron chi connectivity index (χ1n) is 29.5. The molecular weight excluding hydrogens is 1120 g/mol. The summed E-state index contributed by atoms with van der Waals surface area (Å²) in [6.07, 6.45) is 5.53. The van der Waals surface area contributed by atoms with Gasteiger partial charge in [0.2, 0.25) is 53.2 Å². The first-order valence-corrected chi connectivity index (χ1v) is 29.5. The molecule has 9 amide bonds. The molecule has 28 heteroatoms. The monoisotopic (exact) mass is 1210 g/mol. The number of nitrogens with zero attached hydrogens (tertiary/aromatic N) is 3. The molecule has 0 spiro atoms. The summed E-state index contributed by atoms with van der Waals surface area (Å²) < 4.78 is 0. The second-order valence-electron chi connectivity index (χ2n) is 22.7. The zero-order valence-corrected chi connectivity index (χ0v) is 49.8. The SMILES string of the molecule is CCNC(=O)[C@@H]1CCCN1C(=O)[C@H](CCCN=C(N)N)NC(=O)[C@H](CC(C)C)NC(=O)[C@@H](CC(C)C)NC(=O)[C@H](Cc1ccc(O)cc1)NC(=O)[C@H](CO)NC(=O)[C@H](Cc1c[nH]c2ccccc12)NC(=O)[C@H](Cc1cnc[nH]1)NC(=O)[C@H]1NCCC1=O. The Morgan fingerprint density at radius 3 is 1.86 bits per heavy atom. The van der Waals surface area contributed by atoms with Crippen LogP contribution in [0.1, 0.15) is 96.4 Å². The number of aliphatic imine (C=N–C) groups is 1. The quantitative estimate of drug-likeness (QED) is 0.0111. The lowest BCUT2D eigenvalue weighted by Crippen LogP contribution is -2.61. The van der Waals surface area contributed by atoms with Crippen molar-refractivity contribution in [3.05, 3.63) is 84.1 Å². The van der Waals surface area contributed by atoms with E-state index >= 15 is 0 Å². The van der Waals surface area contributed by atoms with Gasteiger partial charge in [0.25, 0.3) is 0 Å². The number of ketones is 1. The van der Waals surface area contributed by atoms with Crippen molar-refractivity contribution < 1.29 is 58.2 Å². The highest BCUT2D eigenvalue weighted by molar-refractivity contribution is 6.08. The van der Waals surface area contributed by atoms with Crippen molar-refractivity contribution in [1.82, 2.24) is 67.7 Å². The van der Waals surface area contributed by atoms with Crippen LogP contribution < -0.4 is 59.3 Å². The van der Waals surface area contributed by atoms with Crippen LogP contribution in [-0.4, -0.2) is 182 Å². The van der Waals surface area contributed by atoms with Gasteiger partial charge in [-0.1, -0.05) is 58.0 Å². The van der Waals surface area contributed by atoms with Gasteiger partial charge in [-0.3, -0.25) is 58.3 Å². The first-order chi connectivity index (χ1) is 41.5. The number of rotatable bonds is 32. The standard InChI is InChI=1S/C59H84N16O12/c1-6-63-56(85)47-14-10-22-75(47)58(87)40(13-9-20-65-59(60)61)68-50(79)41(23-32(2)3)69-51(80)42(24-33(4)5)70-52(81)43(25-34-15-17-37(77)18-16-34)71-55(84)46(30-76)74-53(82)44(26-35-28-66-39-12-8-7-11-38(35)39)72-54(83)45(27-36-29-62-31-67-36)73-57(86)49-48(78)19-21-64-49/h7-8,11-12,15-18,28-29,31-33,40-47,49,64,66,76-77H,6,9-10,13-14,19-27,30H2,1-5H3,(H,62,67)(H,63,85)(H,68,79)(H,69,80)(H,70,81)(H,71,84)(H,72,83)(H,73,86)(H,74,82)(H4,60,61,65)/t40-,41-,42+,43-,44-,45-,46-,47-,49-/m0/s1. The van der Waals surface area contributed by atoms with Gasteiger partial charge in [-0.25, -0.2) is 4.98 Å². The number of H-pyrrole nitrogens is 2. The molecule has 17 N–H and O–H groups in total. The lowest BCUT2D eigenvalue weighted by molar-refractivity contribution is -0.142. The predicted octanol–water partition coefficient (Wildman–Crippen LogP) is -1.79. The molecule has 0 unspecified atom stereocenters. The van der Waals surface area contributed by atoms with Crippen molar-refractivity contribution >= 4 is 75.8 Å². The Bertz CT molecular complexity index is 3050. The number of aliphatic hydroxyl groups excluding tert-OH is 1. The van der Waals surface area contributed by atoms with E-state index in [9.17, 15) is 58.2 Å². The van der Waals surface area contributed by atoms with Crippen LogP contribution in [0.25, 0.3) is 10.9 Å². The van der Waals surface area contributed by atoms with Gasteiger partial charge in [-0.2, -0.15) is 0 Å². The van der Waals surface area contributed by atoms with E-state index in [1.807, 2.05) is 19.9 Å². The molecule has 2 fully saturated rings. The number of para-hydroxylation sites is 1. The second-order valence-corrected chi connectivity index (χ2v) is 22.7. The smallest absolute Gasteiger partial charge is 0.245 e. The number of aromatic amines is 2. The van der Waals surface area contributed by atoms with E-state index in [1.54, 1.807) is 45.2 Å². The number of Topliss-reactive ketones (excluding diaryl/α,β-unsaturated/α-hetero) is 1. The molecule has 4 aromatic rings. The molecule has 0 aliphatic carbocycles. The number of guanidine groups is 1. The number of likely N-dealkylation sites (N-methyl/N-ethyl adjacent to an activating group) is 1. The number of aromatic nitrogens is 3. The number of likely N-dealkylation sites (tertiary alicyclic amines) is 1. The molecule has 9 atom stereocenters. The second kappa shape index (κ2) is 32.5. The van der Waals surface area contributed by atoms with E-state index in [4.69, 9.17) is 11.5 Å². The van der Waals surface area contributed by atoms with Gasteiger partial charge in [-0.15, -0.1) is 0 Å². The van der Waals surface area contributed by atoms with E-state index in [2.05, 4.69) is 67.8 Å². The van der Waals surface area contributed by atoms with Crippen LogP contribution in [0.15, 0.2) is 72.2 Å². The lowest BCUT2D eigenvalue weighted by Gasteiger charge is -2.31. The van der Waals surface area contributed by atoms with E-state index in [-0.39, 0.29) is 106 Å². The number of nitrogens with two attached hydrogens (primary N) is 2. The molecule has 28 nitrogen and oxygen atoms in total. The van der Waals surface area contributed by atoms with Crippen molar-refractivity contribution in [2.75, 3.05) is 32.8 Å². The molecule has 0 bridgehead atoms. The number of carbonyl (C=O) groups excluding carboxylic acids is 10. The average molecular weight is 1210 g/mol. The molecule has 2 aromatic carbocycles. The topological polar surface area (TPSA) is 432 Å². The number of hydrogen-bond donors (Lipinski definition) is 15. The molecule has 6 rings (SSSR count). The largest absolute Gasteiger partial charge is 0.508 e. The van der Waals surface area contributed by atoms with Crippen LogP contribution >= 0.6 is 0 Å². The number of benzene rings is 2. The third kappa shape index (κ3) is 19.8. The molecule has 0 radical (unpaired) electrons. The van der Waals surface area contributed by atoms with Gasteiger partial charge in [-0.05, 0) is 86.6 Å². The Morgan fingerprint density at radius 2 is 1.29 bits per heavy atom. The average Bonchev–Trinajstić information content (AvgIpc) is 3.97. The summed E-state index contributed by atoms with van der Waals surface area (Å²) in [5, 5.41) is 46.0. The lowest BCUT2D eigenvalue weighted by atomic mass is 9.98. The van der Waals surface area contributed by atoms with Crippen LogP contribution in [0.2, 0.25) is 0 Å². The first kappa shape index (κ1) is 67.2. The van der Waals surface area contributed by atoms with Crippen LogP contribution in [0.3, 0.4) is 0 Å². The van der Waals surface area contributed by atoms with Crippen molar-refractivity contribution in [3.63, 3.8) is 0 Å². The number of fused-ring (bicyclic) bond motifs is 1. The van der Waals surface area contributed by atoms with E-state index in [1.165, 1.54) is 41.7 Å². The van der Waals surface area contributed by atoms with Gasteiger partial charge in [0, 0.05) is 80.9 Å². The summed E-state index contributed by atoms with van der Waals surface area (Å²) in [6, 6.07) is 1.19. The van der Waals surface area contributed by atoms with Crippen molar-refractivity contribution in [1.29, 1.82) is 0 Å².